The van der Waals surface area contributed by atoms with Gasteiger partial charge >= 0.3 is 199 Å². The second-order valence-corrected chi connectivity index (χ2v) is 34.6. The molecule has 8 rings (SSSR count). The summed E-state index contributed by atoms with van der Waals surface area (Å²) in [5.41, 5.74) is 5.78. The Labute approximate surface area is 445 Å². The van der Waals surface area contributed by atoms with Gasteiger partial charge in [0, 0.05) is 0 Å². The molecule has 0 saturated heterocycles. The fourth-order valence-electron chi connectivity index (χ4n) is 6.43. The molecule has 4 aliphatic rings. The van der Waals surface area contributed by atoms with Crippen LogP contribution in [-0.2, 0) is 46.0 Å². The van der Waals surface area contributed by atoms with Crippen LogP contribution in [0.2, 0.25) is 0 Å². The summed E-state index contributed by atoms with van der Waals surface area (Å²) >= 11 is 2.53. The van der Waals surface area contributed by atoms with Crippen LogP contribution in [-0.4, -0.2) is 11.0 Å². The van der Waals surface area contributed by atoms with E-state index < -0.39 is 11.0 Å². The van der Waals surface area contributed by atoms with Crippen molar-refractivity contribution in [2.75, 3.05) is 0 Å². The summed E-state index contributed by atoms with van der Waals surface area (Å²) in [6, 6.07) is 43.5. The summed E-state index contributed by atoms with van der Waals surface area (Å²) < 4.78 is 0. The van der Waals surface area contributed by atoms with Gasteiger partial charge in [0.15, 0.2) is 0 Å². The molecule has 4 aliphatic carbocycles. The van der Waals surface area contributed by atoms with E-state index >= 15 is 0 Å². The van der Waals surface area contributed by atoms with Crippen molar-refractivity contribution in [3.05, 3.63) is 217 Å². The molecule has 0 aliphatic heterocycles. The van der Waals surface area contributed by atoms with Crippen LogP contribution >= 0.6 is 24.8 Å². The fraction of sp³-hybridized carbons (Fsp3) is 0.333. The SMILES string of the molecule is CC(C)(C)C1=[C-]CC=C1.CC(C)(C)C1=[C-]CC=C1.CC(C)(C)C1=[C-]CC=C1.CC(C)(C)C1=[C-]CC=C1.Cl.Cl.[Hf+2]=[Si](c1ccccc1)c1ccccc1.[Hf+2]=[Si](c1ccccc1)c1ccccc1. The number of rotatable bonds is 4. The molecule has 0 bridgehead atoms. The molecule has 4 aromatic rings. The molecule has 0 unspecified atom stereocenters. The zero-order chi connectivity index (χ0) is 47.2. The predicted molar refractivity (Wildman–Crippen MR) is 290 cm³/mol. The normalized spacial score (nSPS) is 14.2. The fourth-order valence-corrected chi connectivity index (χ4v) is 16.4. The molecule has 0 N–H and O–H groups in total. The number of benzene rings is 4. The summed E-state index contributed by atoms with van der Waals surface area (Å²) in [7, 11) is 0. The standard InChI is InChI=1S/2C12H10Si.4C9H13.2ClH.2Hf/c2*1-3-7-11(8-4-1)13-12-9-5-2-6-10-12;4*1-9(2,3)8-6-4-5-7-8;;;;/h2*1-10H;4*4,6H,5H2,1-3H3;2*1H;;/q;;4*-1;;;2*+2. The molecule has 0 heterocycles. The molecule has 6 heteroatoms. The van der Waals surface area contributed by atoms with Crippen LogP contribution in [0, 0.1) is 46.0 Å². The Hall–Kier alpha value is -2.45. The number of halogens is 2. The average Bonchev–Trinajstić information content (AvgIpc) is 4.13. The van der Waals surface area contributed by atoms with E-state index in [0.29, 0.717) is 21.7 Å². The molecule has 0 atom stereocenters. The number of hydrogen-bond donors (Lipinski definition) is 0. The zero-order valence-electron chi connectivity index (χ0n) is 41.8. The molecule has 344 valence electrons. The Bertz CT molecular complexity index is 1970. The summed E-state index contributed by atoms with van der Waals surface area (Å²) in [5, 5.41) is 6.15. The van der Waals surface area contributed by atoms with Gasteiger partial charge in [0.1, 0.15) is 0 Å². The van der Waals surface area contributed by atoms with Crippen molar-refractivity contribution < 1.29 is 46.0 Å². The van der Waals surface area contributed by atoms with Crippen LogP contribution < -0.4 is 20.7 Å². The summed E-state index contributed by atoms with van der Waals surface area (Å²) in [6.07, 6.45) is 34.5. The molecule has 0 spiro atoms. The Morgan fingerprint density at radius 3 is 0.591 bits per heavy atom. The van der Waals surface area contributed by atoms with Crippen molar-refractivity contribution in [1.82, 2.24) is 0 Å². The summed E-state index contributed by atoms with van der Waals surface area (Å²) in [6.45, 7) is 26.6. The van der Waals surface area contributed by atoms with E-state index in [0.717, 1.165) is 25.7 Å². The Balaban J connectivity index is 0.000000399. The molecule has 4 aromatic carbocycles. The van der Waals surface area contributed by atoms with E-state index in [9.17, 15) is 0 Å². The Morgan fingerprint density at radius 2 is 0.485 bits per heavy atom. The molecular formula is C60H74Cl2Hf2Si2. The molecule has 0 fully saturated rings. The van der Waals surface area contributed by atoms with Gasteiger partial charge in [0.25, 0.3) is 0 Å². The first-order chi connectivity index (χ1) is 30.2. The van der Waals surface area contributed by atoms with Crippen LogP contribution in [0.4, 0.5) is 0 Å². The van der Waals surface area contributed by atoms with Gasteiger partial charge in [0.2, 0.25) is 0 Å². The first kappa shape index (κ1) is 61.6. The van der Waals surface area contributed by atoms with Crippen molar-refractivity contribution in [3.63, 3.8) is 0 Å². The van der Waals surface area contributed by atoms with Crippen molar-refractivity contribution in [3.8, 4) is 0 Å². The van der Waals surface area contributed by atoms with E-state index in [1.54, 1.807) is 0 Å². The van der Waals surface area contributed by atoms with E-state index in [-0.39, 0.29) is 24.8 Å². The van der Waals surface area contributed by atoms with E-state index in [1.807, 2.05) is 0 Å². The quantitative estimate of drug-likeness (QED) is 0.141. The van der Waals surface area contributed by atoms with Gasteiger partial charge in [0.05, 0.1) is 0 Å². The Kier molecular flexibility index (Phi) is 28.8. The molecule has 66 heavy (non-hydrogen) atoms. The van der Waals surface area contributed by atoms with Crippen molar-refractivity contribution in [1.29, 1.82) is 0 Å². The molecule has 0 nitrogen and oxygen atoms in total. The Morgan fingerprint density at radius 1 is 0.318 bits per heavy atom. The molecular weight excluding hydrogens is 1200 g/mol. The number of hydrogen-bond acceptors (Lipinski definition) is 0. The van der Waals surface area contributed by atoms with Gasteiger partial charge in [-0.15, -0.1) is 50.5 Å². The van der Waals surface area contributed by atoms with Crippen LogP contribution in [0.25, 0.3) is 0 Å². The second kappa shape index (κ2) is 30.9. The molecule has 0 radical (unpaired) electrons. The van der Waals surface area contributed by atoms with Gasteiger partial charge in [-0.05, 0) is 21.7 Å². The van der Waals surface area contributed by atoms with Crippen molar-refractivity contribution >= 4 is 56.6 Å². The molecule has 0 saturated carbocycles. The third-order valence-corrected chi connectivity index (χ3v) is 26.3. The zero-order valence-corrected chi connectivity index (χ0v) is 52.6. The van der Waals surface area contributed by atoms with Crippen LogP contribution in [0.1, 0.15) is 109 Å². The van der Waals surface area contributed by atoms with E-state index in [1.165, 1.54) is 89.0 Å². The maximum atomic E-state index is 3.30. The minimum atomic E-state index is -0.406. The van der Waals surface area contributed by atoms with Crippen molar-refractivity contribution in [2.24, 2.45) is 21.7 Å². The van der Waals surface area contributed by atoms with Crippen LogP contribution in [0.5, 0.6) is 0 Å². The van der Waals surface area contributed by atoms with Gasteiger partial charge in [-0.1, -0.05) is 83.1 Å². The van der Waals surface area contributed by atoms with Crippen LogP contribution in [0.15, 0.2) is 192 Å². The van der Waals surface area contributed by atoms with Gasteiger partial charge < -0.3 is 0 Å². The van der Waals surface area contributed by atoms with Gasteiger partial charge in [-0.25, -0.2) is 46.6 Å². The summed E-state index contributed by atoms with van der Waals surface area (Å²) in [4.78, 5) is 0. The monoisotopic (exact) mass is 1280 g/mol. The van der Waals surface area contributed by atoms with Gasteiger partial charge in [-0.3, -0.25) is 24.3 Å². The topological polar surface area (TPSA) is 0 Å². The third-order valence-electron chi connectivity index (χ3n) is 10.3. The van der Waals surface area contributed by atoms with E-state index in [4.69, 9.17) is 0 Å². The predicted octanol–water partition coefficient (Wildman–Crippen LogP) is 14.4. The number of allylic oxidation sites excluding steroid dienone is 16. The third kappa shape index (κ3) is 23.7. The van der Waals surface area contributed by atoms with E-state index in [2.05, 4.69) is 277 Å². The molecule has 0 amide bonds. The average molecular weight is 1280 g/mol. The minimum absolute atomic E-state index is 0. The summed E-state index contributed by atoms with van der Waals surface area (Å²) in [5.74, 6) is 0. The van der Waals surface area contributed by atoms with Crippen molar-refractivity contribution in [2.45, 2.75) is 109 Å². The maximum absolute atomic E-state index is 3.30. The first-order valence-electron chi connectivity index (χ1n) is 22.7. The molecule has 0 aromatic heterocycles. The first-order valence-corrected chi connectivity index (χ1v) is 36.5. The van der Waals surface area contributed by atoms with Crippen LogP contribution in [0.3, 0.4) is 0 Å². The van der Waals surface area contributed by atoms with Gasteiger partial charge in [-0.2, -0.15) is 24.3 Å². The second-order valence-electron chi connectivity index (χ2n) is 20.0.